The van der Waals surface area contributed by atoms with Gasteiger partial charge in [0.2, 0.25) is 0 Å². The Labute approximate surface area is 80.1 Å². The Morgan fingerprint density at radius 2 is 2.29 bits per heavy atom. The Balaban J connectivity index is 2.40. The van der Waals surface area contributed by atoms with Crippen molar-refractivity contribution in [2.24, 2.45) is 0 Å². The van der Waals surface area contributed by atoms with Crippen molar-refractivity contribution in [3.8, 4) is 0 Å². The molecule has 0 atom stereocenters. The lowest BCUT2D eigenvalue weighted by atomic mass is 10.2. The van der Waals surface area contributed by atoms with Gasteiger partial charge in [0.25, 0.3) is 0 Å². The second-order valence-corrected chi connectivity index (χ2v) is 3.19. The summed E-state index contributed by atoms with van der Waals surface area (Å²) in [5.41, 5.74) is 0.0600. The van der Waals surface area contributed by atoms with E-state index in [1.807, 2.05) is 0 Å². The van der Waals surface area contributed by atoms with Gasteiger partial charge in [0.15, 0.2) is 11.5 Å². The average Bonchev–Trinajstić information content (AvgIpc) is 3.01. The molecule has 5 heteroatoms. The van der Waals surface area contributed by atoms with Crippen molar-refractivity contribution < 1.29 is 13.9 Å². The number of nitrogens with zero attached hydrogens (tertiary/aromatic N) is 2. The van der Waals surface area contributed by atoms with Crippen molar-refractivity contribution in [3.05, 3.63) is 23.5 Å². The van der Waals surface area contributed by atoms with Gasteiger partial charge in [-0.1, -0.05) is 0 Å². The van der Waals surface area contributed by atoms with Gasteiger partial charge in [0.05, 0.1) is 12.8 Å². The molecule has 0 spiro atoms. The highest BCUT2D eigenvalue weighted by Gasteiger charge is 2.31. The average molecular weight is 196 g/mol. The van der Waals surface area contributed by atoms with Crippen LogP contribution in [-0.2, 0) is 4.74 Å². The molecule has 2 rings (SSSR count). The number of aromatic nitrogens is 2. The fourth-order valence-corrected chi connectivity index (χ4v) is 1.26. The van der Waals surface area contributed by atoms with Crippen LogP contribution >= 0.6 is 0 Å². The largest absolute Gasteiger partial charge is 0.464 e. The van der Waals surface area contributed by atoms with E-state index >= 15 is 0 Å². The Bertz CT molecular complexity index is 377. The van der Waals surface area contributed by atoms with Gasteiger partial charge in [-0.05, 0) is 12.8 Å². The van der Waals surface area contributed by atoms with E-state index in [1.165, 1.54) is 13.4 Å². The summed E-state index contributed by atoms with van der Waals surface area (Å²) in [5, 5.41) is 0. The minimum atomic E-state index is -0.758. The summed E-state index contributed by atoms with van der Waals surface area (Å²) in [4.78, 5) is 18.5. The van der Waals surface area contributed by atoms with E-state index in [4.69, 9.17) is 0 Å². The van der Waals surface area contributed by atoms with Crippen molar-refractivity contribution >= 4 is 5.97 Å². The second-order valence-electron chi connectivity index (χ2n) is 3.19. The summed E-state index contributed by atoms with van der Waals surface area (Å²) >= 11 is 0. The van der Waals surface area contributed by atoms with Gasteiger partial charge in [-0.15, -0.1) is 0 Å². The molecule has 1 aliphatic rings. The summed E-state index contributed by atoms with van der Waals surface area (Å²) in [6, 6.07) is 0. The third-order valence-electron chi connectivity index (χ3n) is 2.16. The van der Waals surface area contributed by atoms with Crippen LogP contribution in [0, 0.1) is 5.82 Å². The number of halogens is 1. The second kappa shape index (κ2) is 3.32. The van der Waals surface area contributed by atoms with Crippen LogP contribution in [0.25, 0.3) is 0 Å². The highest BCUT2D eigenvalue weighted by atomic mass is 19.1. The lowest BCUT2D eigenvalue weighted by Crippen LogP contribution is -2.10. The molecular formula is C9H9FN2O2. The molecule has 1 aromatic heterocycles. The van der Waals surface area contributed by atoms with Crippen LogP contribution in [0.5, 0.6) is 0 Å². The first kappa shape index (κ1) is 9.05. The number of hydrogen-bond donors (Lipinski definition) is 0. The molecule has 0 saturated heterocycles. The van der Waals surface area contributed by atoms with E-state index in [-0.39, 0.29) is 11.6 Å². The molecule has 0 radical (unpaired) electrons. The molecule has 1 aromatic rings. The third kappa shape index (κ3) is 1.45. The molecule has 0 aromatic carbocycles. The molecule has 1 fully saturated rings. The molecule has 1 heterocycles. The summed E-state index contributed by atoms with van der Waals surface area (Å²) in [7, 11) is 1.20. The Kier molecular flexibility index (Phi) is 2.15. The fraction of sp³-hybridized carbons (Fsp3) is 0.444. The molecule has 74 valence electrons. The highest BCUT2D eigenvalue weighted by molar-refractivity contribution is 5.87. The zero-order valence-corrected chi connectivity index (χ0v) is 7.66. The van der Waals surface area contributed by atoms with Gasteiger partial charge in [-0.25, -0.2) is 19.2 Å². The van der Waals surface area contributed by atoms with Crippen LogP contribution < -0.4 is 0 Å². The molecular weight excluding hydrogens is 187 g/mol. The van der Waals surface area contributed by atoms with Crippen LogP contribution in [0.2, 0.25) is 0 Å². The van der Waals surface area contributed by atoms with Gasteiger partial charge in [0, 0.05) is 5.92 Å². The van der Waals surface area contributed by atoms with Crippen LogP contribution in [0.3, 0.4) is 0 Å². The van der Waals surface area contributed by atoms with Gasteiger partial charge in [-0.3, -0.25) is 0 Å². The molecule has 1 saturated carbocycles. The maximum Gasteiger partial charge on any atom is 0.359 e. The van der Waals surface area contributed by atoms with Gasteiger partial charge < -0.3 is 4.74 Å². The quantitative estimate of drug-likeness (QED) is 0.668. The van der Waals surface area contributed by atoms with Crippen LogP contribution in [0.15, 0.2) is 6.33 Å². The van der Waals surface area contributed by atoms with Gasteiger partial charge in [0.1, 0.15) is 6.33 Å². The predicted octanol–water partition coefficient (Wildman–Crippen LogP) is 1.28. The zero-order valence-electron chi connectivity index (χ0n) is 7.66. The number of hydrogen-bond acceptors (Lipinski definition) is 4. The minimum absolute atomic E-state index is 0.154. The SMILES string of the molecule is COC(=O)c1ncnc(C2CC2)c1F. The normalized spacial score (nSPS) is 15.3. The number of esters is 1. The van der Waals surface area contributed by atoms with Crippen molar-refractivity contribution in [2.45, 2.75) is 18.8 Å². The van der Waals surface area contributed by atoms with Crippen molar-refractivity contribution in [1.82, 2.24) is 9.97 Å². The van der Waals surface area contributed by atoms with E-state index in [0.29, 0.717) is 5.69 Å². The molecule has 0 aliphatic heterocycles. The zero-order chi connectivity index (χ0) is 10.1. The van der Waals surface area contributed by atoms with E-state index in [1.54, 1.807) is 0 Å². The fourth-order valence-electron chi connectivity index (χ4n) is 1.26. The number of carbonyl (C=O) groups excluding carboxylic acids is 1. The summed E-state index contributed by atoms with van der Waals surface area (Å²) in [6.45, 7) is 0. The number of carbonyl (C=O) groups is 1. The third-order valence-corrected chi connectivity index (χ3v) is 2.16. The van der Waals surface area contributed by atoms with Gasteiger partial charge in [-0.2, -0.15) is 0 Å². The summed E-state index contributed by atoms with van der Waals surface area (Å²) in [5.74, 6) is -1.24. The maximum atomic E-state index is 13.6. The monoisotopic (exact) mass is 196 g/mol. The lowest BCUT2D eigenvalue weighted by Gasteiger charge is -2.03. The molecule has 0 amide bonds. The van der Waals surface area contributed by atoms with E-state index in [9.17, 15) is 9.18 Å². The topological polar surface area (TPSA) is 52.1 Å². The first-order valence-corrected chi connectivity index (χ1v) is 4.32. The highest BCUT2D eigenvalue weighted by Crippen LogP contribution is 2.40. The van der Waals surface area contributed by atoms with E-state index in [2.05, 4.69) is 14.7 Å². The smallest absolute Gasteiger partial charge is 0.359 e. The lowest BCUT2D eigenvalue weighted by molar-refractivity contribution is 0.0587. The number of rotatable bonds is 2. The number of ether oxygens (including phenoxy) is 1. The van der Waals surface area contributed by atoms with E-state index in [0.717, 1.165) is 12.8 Å². The Hall–Kier alpha value is -1.52. The Morgan fingerprint density at radius 1 is 1.57 bits per heavy atom. The molecule has 0 N–H and O–H groups in total. The molecule has 0 bridgehead atoms. The van der Waals surface area contributed by atoms with Crippen molar-refractivity contribution in [2.75, 3.05) is 7.11 Å². The van der Waals surface area contributed by atoms with Gasteiger partial charge >= 0.3 is 5.97 Å². The first-order valence-electron chi connectivity index (χ1n) is 4.32. The summed E-state index contributed by atoms with van der Waals surface area (Å²) in [6.07, 6.45) is 3.05. The van der Waals surface area contributed by atoms with Crippen LogP contribution in [0.1, 0.15) is 34.9 Å². The first-order chi connectivity index (χ1) is 6.74. The number of methoxy groups -OCH3 is 1. The molecule has 4 nitrogen and oxygen atoms in total. The molecule has 14 heavy (non-hydrogen) atoms. The minimum Gasteiger partial charge on any atom is -0.464 e. The van der Waals surface area contributed by atoms with Crippen LogP contribution in [-0.4, -0.2) is 23.0 Å². The van der Waals surface area contributed by atoms with Crippen molar-refractivity contribution in [3.63, 3.8) is 0 Å². The van der Waals surface area contributed by atoms with Crippen LogP contribution in [0.4, 0.5) is 4.39 Å². The van der Waals surface area contributed by atoms with Crippen molar-refractivity contribution in [1.29, 1.82) is 0 Å². The molecule has 1 aliphatic carbocycles. The van der Waals surface area contributed by atoms with E-state index < -0.39 is 11.8 Å². The maximum absolute atomic E-state index is 13.6. The summed E-state index contributed by atoms with van der Waals surface area (Å²) < 4.78 is 18.0. The predicted molar refractivity (Wildman–Crippen MR) is 45.3 cm³/mol. The Morgan fingerprint density at radius 3 is 2.86 bits per heavy atom. The standard InChI is InChI=1S/C9H9FN2O2/c1-14-9(13)8-6(10)7(5-2-3-5)11-4-12-8/h4-5H,2-3H2,1H3. The molecule has 0 unspecified atom stereocenters.